The molecule has 0 spiro atoms. The first kappa shape index (κ1) is 14.5. The molecule has 0 fully saturated rings. The highest BCUT2D eigenvalue weighted by Crippen LogP contribution is 2.27. The lowest BCUT2D eigenvalue weighted by Gasteiger charge is -2.16. The van der Waals surface area contributed by atoms with Crippen LogP contribution >= 0.6 is 15.9 Å². The minimum absolute atomic E-state index is 0.0214. The molecule has 0 saturated heterocycles. The van der Waals surface area contributed by atoms with Gasteiger partial charge in [-0.25, -0.2) is 0 Å². The van der Waals surface area contributed by atoms with E-state index in [0.717, 1.165) is 21.7 Å². The first-order valence-corrected chi connectivity index (χ1v) is 7.29. The second kappa shape index (κ2) is 4.81. The summed E-state index contributed by atoms with van der Waals surface area (Å²) in [5.74, 6) is -1.22. The number of halogens is 1. The normalized spacial score (nSPS) is 13.2. The van der Waals surface area contributed by atoms with E-state index in [9.17, 15) is 14.4 Å². The number of benzene rings is 1. The van der Waals surface area contributed by atoms with E-state index in [1.165, 1.54) is 4.57 Å². The van der Waals surface area contributed by atoms with Crippen molar-refractivity contribution in [2.45, 2.75) is 13.8 Å². The van der Waals surface area contributed by atoms with Gasteiger partial charge in [-0.15, -0.1) is 0 Å². The van der Waals surface area contributed by atoms with Gasteiger partial charge in [0.2, 0.25) is 0 Å². The van der Waals surface area contributed by atoms with Gasteiger partial charge < -0.3 is 5.73 Å². The number of carbonyl (C=O) groups is 2. The van der Waals surface area contributed by atoms with Crippen molar-refractivity contribution in [3.8, 4) is 5.69 Å². The molecular formula is C15H12BrN3O3. The van der Waals surface area contributed by atoms with Gasteiger partial charge >= 0.3 is 0 Å². The monoisotopic (exact) mass is 361 g/mol. The van der Waals surface area contributed by atoms with Gasteiger partial charge in [0.25, 0.3) is 17.4 Å². The molecule has 22 heavy (non-hydrogen) atoms. The Morgan fingerprint density at radius 3 is 2.45 bits per heavy atom. The van der Waals surface area contributed by atoms with Gasteiger partial charge in [0, 0.05) is 10.5 Å². The molecule has 2 aromatic rings. The molecule has 0 bridgehead atoms. The number of amides is 2. The first-order chi connectivity index (χ1) is 10.3. The van der Waals surface area contributed by atoms with Gasteiger partial charge in [-0.2, -0.15) is 0 Å². The molecule has 3 rings (SSSR count). The van der Waals surface area contributed by atoms with E-state index < -0.39 is 17.4 Å². The maximum absolute atomic E-state index is 12.4. The molecule has 1 aromatic carbocycles. The lowest BCUT2D eigenvalue weighted by molar-refractivity contribution is 0.0880. The number of pyridine rings is 1. The van der Waals surface area contributed by atoms with E-state index in [2.05, 4.69) is 21.2 Å². The molecular weight excluding hydrogens is 350 g/mol. The Hall–Kier alpha value is -2.41. The highest BCUT2D eigenvalue weighted by molar-refractivity contribution is 9.10. The summed E-state index contributed by atoms with van der Waals surface area (Å²) in [6, 6.07) is 4.81. The highest BCUT2D eigenvalue weighted by Gasteiger charge is 2.32. The van der Waals surface area contributed by atoms with Crippen LogP contribution in [0.3, 0.4) is 0 Å². The minimum Gasteiger partial charge on any atom is -0.384 e. The number of nitrogens with one attached hydrogen (secondary N) is 1. The fourth-order valence-corrected chi connectivity index (χ4v) is 3.12. The Kier molecular flexibility index (Phi) is 3.17. The second-order valence-corrected chi connectivity index (χ2v) is 6.06. The van der Waals surface area contributed by atoms with Crippen LogP contribution in [-0.4, -0.2) is 16.4 Å². The van der Waals surface area contributed by atoms with Crippen LogP contribution < -0.4 is 16.6 Å². The van der Waals surface area contributed by atoms with Crippen LogP contribution in [0.4, 0.5) is 5.82 Å². The molecule has 1 aliphatic heterocycles. The molecule has 1 aliphatic rings. The third-order valence-corrected chi connectivity index (χ3v) is 4.26. The van der Waals surface area contributed by atoms with Gasteiger partial charge in [0.05, 0.1) is 16.8 Å². The number of carbonyl (C=O) groups excluding carboxylic acids is 2. The fraction of sp³-hybridized carbons (Fsp3) is 0.133. The molecule has 0 atom stereocenters. The number of imide groups is 1. The zero-order valence-electron chi connectivity index (χ0n) is 11.9. The Morgan fingerprint density at radius 2 is 1.77 bits per heavy atom. The van der Waals surface area contributed by atoms with E-state index in [4.69, 9.17) is 5.73 Å². The largest absolute Gasteiger partial charge is 0.384 e. The lowest BCUT2D eigenvalue weighted by atomic mass is 10.1. The van der Waals surface area contributed by atoms with Gasteiger partial charge in [0.1, 0.15) is 5.82 Å². The number of aromatic nitrogens is 1. The number of hydrogen-bond donors (Lipinski definition) is 2. The second-order valence-electron chi connectivity index (χ2n) is 5.14. The molecule has 0 radical (unpaired) electrons. The van der Waals surface area contributed by atoms with Crippen molar-refractivity contribution >= 4 is 33.6 Å². The maximum Gasteiger partial charge on any atom is 0.262 e. The highest BCUT2D eigenvalue weighted by atomic mass is 79.9. The third kappa shape index (κ3) is 1.97. The Morgan fingerprint density at radius 1 is 1.09 bits per heavy atom. The van der Waals surface area contributed by atoms with Crippen LogP contribution in [-0.2, 0) is 0 Å². The molecule has 6 nitrogen and oxygen atoms in total. The Balaban J connectivity index is 2.40. The van der Waals surface area contributed by atoms with Crippen LogP contribution in [0.25, 0.3) is 5.69 Å². The number of nitrogens with two attached hydrogens (primary N) is 1. The van der Waals surface area contributed by atoms with E-state index in [0.29, 0.717) is 5.69 Å². The Labute approximate surface area is 134 Å². The Bertz CT molecular complexity index is 915. The van der Waals surface area contributed by atoms with Crippen molar-refractivity contribution in [1.29, 1.82) is 0 Å². The summed E-state index contributed by atoms with van der Waals surface area (Å²) in [7, 11) is 0. The zero-order valence-corrected chi connectivity index (χ0v) is 13.4. The SMILES string of the molecule is Cc1cc(Br)cc(-n2c(N)c3c(cc2=O)C(=O)NC3=O)c1C. The molecule has 2 amide bonds. The quantitative estimate of drug-likeness (QED) is 0.755. The first-order valence-electron chi connectivity index (χ1n) is 6.49. The van der Waals surface area contributed by atoms with E-state index in [1.807, 2.05) is 19.9 Å². The summed E-state index contributed by atoms with van der Waals surface area (Å²) in [6.07, 6.45) is 0. The average molecular weight is 362 g/mol. The molecule has 112 valence electrons. The molecule has 2 heterocycles. The standard InChI is InChI=1S/C15H12BrN3O3/c1-6-3-8(16)4-10(7(6)2)19-11(20)5-9-12(13(19)17)15(22)18-14(9)21/h3-5H,17H2,1-2H3,(H,18,21,22). The fourth-order valence-electron chi connectivity index (χ4n) is 2.56. The van der Waals surface area contributed by atoms with Crippen molar-refractivity contribution in [1.82, 2.24) is 9.88 Å². The van der Waals surface area contributed by atoms with Crippen molar-refractivity contribution in [2.75, 3.05) is 5.73 Å². The summed E-state index contributed by atoms with van der Waals surface area (Å²) >= 11 is 3.39. The van der Waals surface area contributed by atoms with Gasteiger partial charge in [0.15, 0.2) is 0 Å². The predicted molar refractivity (Wildman–Crippen MR) is 85.4 cm³/mol. The van der Waals surface area contributed by atoms with Crippen LogP contribution in [0.1, 0.15) is 31.8 Å². The van der Waals surface area contributed by atoms with E-state index >= 15 is 0 Å². The topological polar surface area (TPSA) is 94.2 Å². The van der Waals surface area contributed by atoms with Crippen LogP contribution in [0.5, 0.6) is 0 Å². The van der Waals surface area contributed by atoms with Crippen LogP contribution in [0, 0.1) is 13.8 Å². The van der Waals surface area contributed by atoms with Crippen molar-refractivity contribution in [2.24, 2.45) is 0 Å². The summed E-state index contributed by atoms with van der Waals surface area (Å²) in [5, 5.41) is 2.15. The third-order valence-electron chi connectivity index (χ3n) is 3.80. The van der Waals surface area contributed by atoms with Crippen molar-refractivity contribution in [3.63, 3.8) is 0 Å². The summed E-state index contributed by atoms with van der Waals surface area (Å²) < 4.78 is 2.04. The lowest BCUT2D eigenvalue weighted by Crippen LogP contribution is -2.24. The number of anilines is 1. The number of nitrogens with zero attached hydrogens (tertiary/aromatic N) is 1. The number of nitrogen functional groups attached to an aromatic ring is 1. The predicted octanol–water partition coefficient (Wildman–Crippen LogP) is 1.68. The minimum atomic E-state index is -0.599. The number of rotatable bonds is 1. The average Bonchev–Trinajstić information content (AvgIpc) is 2.70. The van der Waals surface area contributed by atoms with Gasteiger partial charge in [-0.1, -0.05) is 15.9 Å². The van der Waals surface area contributed by atoms with E-state index in [-0.39, 0.29) is 16.9 Å². The molecule has 0 aliphatic carbocycles. The number of fused-ring (bicyclic) bond motifs is 1. The van der Waals surface area contributed by atoms with Crippen LogP contribution in [0.15, 0.2) is 27.5 Å². The molecule has 7 heteroatoms. The number of hydrogen-bond acceptors (Lipinski definition) is 4. The molecule has 3 N–H and O–H groups in total. The zero-order chi connectivity index (χ0) is 16.2. The maximum atomic E-state index is 12.4. The summed E-state index contributed by atoms with van der Waals surface area (Å²) in [6.45, 7) is 3.77. The number of aryl methyl sites for hydroxylation is 1. The molecule has 1 aromatic heterocycles. The smallest absolute Gasteiger partial charge is 0.262 e. The molecule has 0 saturated carbocycles. The van der Waals surface area contributed by atoms with Gasteiger partial charge in [-0.05, 0) is 37.1 Å². The van der Waals surface area contributed by atoms with E-state index in [1.54, 1.807) is 6.07 Å². The van der Waals surface area contributed by atoms with Crippen molar-refractivity contribution < 1.29 is 9.59 Å². The summed E-state index contributed by atoms with van der Waals surface area (Å²) in [5.41, 5.74) is 8.04. The summed E-state index contributed by atoms with van der Waals surface area (Å²) in [4.78, 5) is 35.9. The van der Waals surface area contributed by atoms with Crippen LogP contribution in [0.2, 0.25) is 0 Å². The molecule has 0 unspecified atom stereocenters. The van der Waals surface area contributed by atoms with Crippen molar-refractivity contribution in [3.05, 3.63) is 55.3 Å². The van der Waals surface area contributed by atoms with Gasteiger partial charge in [-0.3, -0.25) is 24.3 Å².